The molecule has 0 fully saturated rings. The smallest absolute Gasteiger partial charge is 0.218 e. The van der Waals surface area contributed by atoms with Crippen molar-refractivity contribution in [3.63, 3.8) is 0 Å². The number of benzene rings is 1. The Bertz CT molecular complexity index is 523. The van der Waals surface area contributed by atoms with Crippen LogP contribution in [0.1, 0.15) is 12.0 Å². The first-order chi connectivity index (χ1) is 7.45. The number of sulfone groups is 1. The van der Waals surface area contributed by atoms with Crippen molar-refractivity contribution in [2.75, 3.05) is 5.75 Å². The van der Waals surface area contributed by atoms with E-state index < -0.39 is 15.7 Å². The van der Waals surface area contributed by atoms with E-state index >= 15 is 0 Å². The molecule has 0 spiro atoms. The molecule has 1 amide bonds. The molecule has 0 saturated carbocycles. The van der Waals surface area contributed by atoms with Gasteiger partial charge in [-0.1, -0.05) is 5.92 Å². The molecule has 4 nitrogen and oxygen atoms in total. The Labute approximate surface area is 94.4 Å². The number of terminal acetylenes is 1. The lowest BCUT2D eigenvalue weighted by Crippen LogP contribution is -2.17. The quantitative estimate of drug-likeness (QED) is 0.766. The van der Waals surface area contributed by atoms with Gasteiger partial charge >= 0.3 is 0 Å². The van der Waals surface area contributed by atoms with Crippen LogP contribution in [0.15, 0.2) is 29.2 Å². The minimum Gasteiger partial charge on any atom is -0.370 e. The lowest BCUT2D eigenvalue weighted by molar-refractivity contribution is -0.117. The van der Waals surface area contributed by atoms with E-state index in [1.165, 1.54) is 24.3 Å². The molecule has 2 N–H and O–H groups in total. The number of rotatable bonds is 4. The second kappa shape index (κ2) is 4.81. The number of carbonyl (C=O) groups excluding carboxylic acids is 1. The molecule has 0 unspecified atom stereocenters. The van der Waals surface area contributed by atoms with E-state index in [0.29, 0.717) is 5.56 Å². The van der Waals surface area contributed by atoms with Crippen LogP contribution in [0.5, 0.6) is 0 Å². The third kappa shape index (κ3) is 3.11. The Kier molecular flexibility index (Phi) is 3.69. The third-order valence-electron chi connectivity index (χ3n) is 2.00. The molecule has 5 heteroatoms. The predicted molar refractivity (Wildman–Crippen MR) is 60.2 cm³/mol. The Morgan fingerprint density at radius 2 is 1.88 bits per heavy atom. The number of primary amides is 1. The molecule has 0 aromatic heterocycles. The average Bonchev–Trinajstić information content (AvgIpc) is 2.27. The van der Waals surface area contributed by atoms with Crippen LogP contribution >= 0.6 is 0 Å². The summed E-state index contributed by atoms with van der Waals surface area (Å²) < 4.78 is 23.4. The lowest BCUT2D eigenvalue weighted by atomic mass is 10.2. The highest BCUT2D eigenvalue weighted by atomic mass is 32.2. The molecule has 16 heavy (non-hydrogen) atoms. The first-order valence-electron chi connectivity index (χ1n) is 4.53. The van der Waals surface area contributed by atoms with Crippen LogP contribution in [0.4, 0.5) is 0 Å². The van der Waals surface area contributed by atoms with Crippen molar-refractivity contribution in [2.45, 2.75) is 11.3 Å². The van der Waals surface area contributed by atoms with Gasteiger partial charge in [-0.3, -0.25) is 4.79 Å². The van der Waals surface area contributed by atoms with Crippen molar-refractivity contribution >= 4 is 15.7 Å². The van der Waals surface area contributed by atoms with E-state index in [1.54, 1.807) is 0 Å². The molecule has 0 heterocycles. The van der Waals surface area contributed by atoms with Gasteiger partial charge < -0.3 is 5.73 Å². The standard InChI is InChI=1S/C11H11NO3S/c1-2-9-3-5-10(6-4-9)16(14,15)8-7-11(12)13/h1,3-6H,7-8H2,(H2,12,13). The molecule has 1 rings (SSSR count). The maximum absolute atomic E-state index is 11.7. The summed E-state index contributed by atoms with van der Waals surface area (Å²) in [5, 5.41) is 0. The second-order valence-corrected chi connectivity index (χ2v) is 5.31. The van der Waals surface area contributed by atoms with Gasteiger partial charge in [-0.25, -0.2) is 8.42 Å². The second-order valence-electron chi connectivity index (χ2n) is 3.20. The molecule has 0 aliphatic rings. The van der Waals surface area contributed by atoms with E-state index in [9.17, 15) is 13.2 Å². The largest absolute Gasteiger partial charge is 0.370 e. The van der Waals surface area contributed by atoms with Gasteiger partial charge in [-0.05, 0) is 24.3 Å². The minimum atomic E-state index is -3.45. The number of hydrogen-bond donors (Lipinski definition) is 1. The third-order valence-corrected chi connectivity index (χ3v) is 3.73. The zero-order chi connectivity index (χ0) is 12.2. The van der Waals surface area contributed by atoms with E-state index in [2.05, 4.69) is 5.92 Å². The average molecular weight is 237 g/mol. The van der Waals surface area contributed by atoms with Crippen LogP contribution < -0.4 is 5.73 Å². The maximum atomic E-state index is 11.7. The number of nitrogens with two attached hydrogens (primary N) is 1. The molecule has 0 radical (unpaired) electrons. The van der Waals surface area contributed by atoms with Crippen molar-refractivity contribution < 1.29 is 13.2 Å². The van der Waals surface area contributed by atoms with Crippen LogP contribution in [-0.4, -0.2) is 20.1 Å². The summed E-state index contributed by atoms with van der Waals surface area (Å²) in [5.74, 6) is 1.47. The molecule has 0 atom stereocenters. The monoisotopic (exact) mass is 237 g/mol. The Hall–Kier alpha value is -1.80. The highest BCUT2D eigenvalue weighted by Gasteiger charge is 2.14. The summed E-state index contributed by atoms with van der Waals surface area (Å²) in [6.07, 6.45) is 4.97. The molecule has 1 aromatic rings. The van der Waals surface area contributed by atoms with E-state index in [0.717, 1.165) is 0 Å². The van der Waals surface area contributed by atoms with Crippen LogP contribution in [-0.2, 0) is 14.6 Å². The van der Waals surface area contributed by atoms with Crippen LogP contribution in [0, 0.1) is 12.3 Å². The number of amides is 1. The van der Waals surface area contributed by atoms with Gasteiger partial charge in [-0.15, -0.1) is 6.42 Å². The number of carbonyl (C=O) groups is 1. The zero-order valence-corrected chi connectivity index (χ0v) is 9.33. The summed E-state index contributed by atoms with van der Waals surface area (Å²) in [6.45, 7) is 0. The Morgan fingerprint density at radius 3 is 2.31 bits per heavy atom. The topological polar surface area (TPSA) is 77.2 Å². The van der Waals surface area contributed by atoms with Gasteiger partial charge in [0.1, 0.15) is 0 Å². The lowest BCUT2D eigenvalue weighted by Gasteiger charge is -2.02. The highest BCUT2D eigenvalue weighted by Crippen LogP contribution is 2.12. The first-order valence-corrected chi connectivity index (χ1v) is 6.18. The molecule has 0 bridgehead atoms. The molecular formula is C11H11NO3S. The molecular weight excluding hydrogens is 226 g/mol. The normalized spacial score (nSPS) is 10.7. The fourth-order valence-electron chi connectivity index (χ4n) is 1.11. The van der Waals surface area contributed by atoms with Crippen LogP contribution in [0.2, 0.25) is 0 Å². The molecule has 1 aromatic carbocycles. The predicted octanol–water partition coefficient (Wildman–Crippen LogP) is 0.317. The van der Waals surface area contributed by atoms with Gasteiger partial charge in [0.15, 0.2) is 9.84 Å². The minimum absolute atomic E-state index is 0.146. The van der Waals surface area contributed by atoms with Crippen molar-refractivity contribution in [1.29, 1.82) is 0 Å². The van der Waals surface area contributed by atoms with Crippen LogP contribution in [0.25, 0.3) is 0 Å². The summed E-state index contributed by atoms with van der Waals surface area (Å²) in [4.78, 5) is 10.7. The SMILES string of the molecule is C#Cc1ccc(S(=O)(=O)CCC(N)=O)cc1. The number of hydrogen-bond acceptors (Lipinski definition) is 3. The van der Waals surface area contributed by atoms with Crippen molar-refractivity contribution in [3.8, 4) is 12.3 Å². The summed E-state index contributed by atoms with van der Waals surface area (Å²) in [7, 11) is -3.45. The van der Waals surface area contributed by atoms with Crippen molar-refractivity contribution in [3.05, 3.63) is 29.8 Å². The first kappa shape index (κ1) is 12.3. The highest BCUT2D eigenvalue weighted by molar-refractivity contribution is 7.91. The molecule has 0 aliphatic heterocycles. The van der Waals surface area contributed by atoms with Gasteiger partial charge in [0.2, 0.25) is 5.91 Å². The van der Waals surface area contributed by atoms with Crippen LogP contribution in [0.3, 0.4) is 0 Å². The van der Waals surface area contributed by atoms with Gasteiger partial charge in [0.05, 0.1) is 10.6 Å². The van der Waals surface area contributed by atoms with E-state index in [-0.39, 0.29) is 17.1 Å². The van der Waals surface area contributed by atoms with E-state index in [1.807, 2.05) is 0 Å². The fourth-order valence-corrected chi connectivity index (χ4v) is 2.37. The molecule has 0 aliphatic carbocycles. The van der Waals surface area contributed by atoms with Gasteiger partial charge in [0, 0.05) is 12.0 Å². The summed E-state index contributed by atoms with van der Waals surface area (Å²) in [5.41, 5.74) is 5.50. The summed E-state index contributed by atoms with van der Waals surface area (Å²) >= 11 is 0. The Morgan fingerprint density at radius 1 is 1.31 bits per heavy atom. The maximum Gasteiger partial charge on any atom is 0.218 e. The Balaban J connectivity index is 2.91. The summed E-state index contributed by atoms with van der Waals surface area (Å²) in [6, 6.07) is 5.92. The van der Waals surface area contributed by atoms with E-state index in [4.69, 9.17) is 12.2 Å². The molecule has 84 valence electrons. The zero-order valence-electron chi connectivity index (χ0n) is 8.51. The van der Waals surface area contributed by atoms with Gasteiger partial charge in [0.25, 0.3) is 0 Å². The molecule has 0 saturated heterocycles. The van der Waals surface area contributed by atoms with Crippen molar-refractivity contribution in [2.24, 2.45) is 5.73 Å². The van der Waals surface area contributed by atoms with Crippen molar-refractivity contribution in [1.82, 2.24) is 0 Å². The van der Waals surface area contributed by atoms with Gasteiger partial charge in [-0.2, -0.15) is 0 Å². The fraction of sp³-hybridized carbons (Fsp3) is 0.182.